The van der Waals surface area contributed by atoms with Crippen molar-refractivity contribution >= 4 is 5.91 Å². The molecule has 0 bridgehead atoms. The Balaban J connectivity index is 2.91. The Labute approximate surface area is 96.0 Å². The SMILES string of the molecule is C=C(C)CN(CC)C(=O)c1nc(C)oc1C. The number of carbonyl (C=O) groups is 1. The lowest BCUT2D eigenvalue weighted by molar-refractivity contribution is 0.0771. The van der Waals surface area contributed by atoms with Crippen molar-refractivity contribution in [2.45, 2.75) is 27.7 Å². The number of rotatable bonds is 4. The number of carbonyl (C=O) groups excluding carboxylic acids is 1. The molecule has 0 saturated heterocycles. The van der Waals surface area contributed by atoms with Crippen molar-refractivity contribution in [1.29, 1.82) is 0 Å². The summed E-state index contributed by atoms with van der Waals surface area (Å²) in [5, 5.41) is 0. The summed E-state index contributed by atoms with van der Waals surface area (Å²) in [5.41, 5.74) is 1.36. The van der Waals surface area contributed by atoms with Crippen LogP contribution in [0.3, 0.4) is 0 Å². The van der Waals surface area contributed by atoms with Crippen LogP contribution < -0.4 is 0 Å². The van der Waals surface area contributed by atoms with E-state index in [-0.39, 0.29) is 5.91 Å². The summed E-state index contributed by atoms with van der Waals surface area (Å²) in [4.78, 5) is 17.9. The van der Waals surface area contributed by atoms with E-state index in [0.29, 0.717) is 30.4 Å². The molecule has 0 N–H and O–H groups in total. The van der Waals surface area contributed by atoms with Crippen molar-refractivity contribution in [3.8, 4) is 0 Å². The minimum Gasteiger partial charge on any atom is -0.445 e. The number of likely N-dealkylation sites (N-methyl/N-ethyl adjacent to an activating group) is 1. The van der Waals surface area contributed by atoms with Crippen LogP contribution in [0.1, 0.15) is 36.0 Å². The van der Waals surface area contributed by atoms with Crippen molar-refractivity contribution in [1.82, 2.24) is 9.88 Å². The molecule has 1 aromatic rings. The maximum atomic E-state index is 12.1. The third-order valence-electron chi connectivity index (χ3n) is 2.24. The molecule has 4 heteroatoms. The molecular weight excluding hydrogens is 204 g/mol. The zero-order chi connectivity index (χ0) is 12.3. The van der Waals surface area contributed by atoms with Crippen LogP contribution in [-0.2, 0) is 0 Å². The molecule has 88 valence electrons. The largest absolute Gasteiger partial charge is 0.445 e. The zero-order valence-corrected chi connectivity index (χ0v) is 10.3. The molecule has 0 fully saturated rings. The van der Waals surface area contributed by atoms with Crippen molar-refractivity contribution in [2.24, 2.45) is 0 Å². The lowest BCUT2D eigenvalue weighted by Gasteiger charge is -2.19. The van der Waals surface area contributed by atoms with Crippen LogP contribution in [0, 0.1) is 13.8 Å². The van der Waals surface area contributed by atoms with Gasteiger partial charge in [0.1, 0.15) is 5.76 Å². The molecule has 0 aliphatic carbocycles. The number of aromatic nitrogens is 1. The van der Waals surface area contributed by atoms with Gasteiger partial charge in [0.2, 0.25) is 0 Å². The normalized spacial score (nSPS) is 10.2. The predicted molar refractivity (Wildman–Crippen MR) is 62.4 cm³/mol. The summed E-state index contributed by atoms with van der Waals surface area (Å²) in [7, 11) is 0. The molecule has 1 amide bonds. The summed E-state index contributed by atoms with van der Waals surface area (Å²) >= 11 is 0. The van der Waals surface area contributed by atoms with E-state index in [1.807, 2.05) is 13.8 Å². The molecule has 4 nitrogen and oxygen atoms in total. The van der Waals surface area contributed by atoms with Crippen LogP contribution in [-0.4, -0.2) is 28.9 Å². The maximum absolute atomic E-state index is 12.1. The van der Waals surface area contributed by atoms with E-state index in [1.54, 1.807) is 18.7 Å². The first-order valence-corrected chi connectivity index (χ1v) is 5.33. The van der Waals surface area contributed by atoms with Gasteiger partial charge in [0.15, 0.2) is 11.6 Å². The first-order valence-electron chi connectivity index (χ1n) is 5.33. The van der Waals surface area contributed by atoms with E-state index in [2.05, 4.69) is 11.6 Å². The summed E-state index contributed by atoms with van der Waals surface area (Å²) in [6.07, 6.45) is 0. The molecule has 0 spiro atoms. The summed E-state index contributed by atoms with van der Waals surface area (Å²) in [6, 6.07) is 0. The van der Waals surface area contributed by atoms with Crippen LogP contribution in [0.2, 0.25) is 0 Å². The van der Waals surface area contributed by atoms with Gasteiger partial charge in [-0.05, 0) is 20.8 Å². The molecule has 0 atom stereocenters. The zero-order valence-electron chi connectivity index (χ0n) is 10.3. The lowest BCUT2D eigenvalue weighted by Crippen LogP contribution is -2.32. The van der Waals surface area contributed by atoms with Crippen molar-refractivity contribution in [2.75, 3.05) is 13.1 Å². The van der Waals surface area contributed by atoms with E-state index in [1.165, 1.54) is 0 Å². The smallest absolute Gasteiger partial charge is 0.276 e. The van der Waals surface area contributed by atoms with E-state index >= 15 is 0 Å². The van der Waals surface area contributed by atoms with Crippen molar-refractivity contribution < 1.29 is 9.21 Å². The average molecular weight is 222 g/mol. The highest BCUT2D eigenvalue weighted by molar-refractivity contribution is 5.93. The number of hydrogen-bond acceptors (Lipinski definition) is 3. The minimum absolute atomic E-state index is 0.0974. The quantitative estimate of drug-likeness (QED) is 0.734. The third-order valence-corrected chi connectivity index (χ3v) is 2.24. The molecule has 0 aliphatic rings. The molecule has 0 unspecified atom stereocenters. The highest BCUT2D eigenvalue weighted by Crippen LogP contribution is 2.12. The van der Waals surface area contributed by atoms with Crippen LogP contribution in [0.15, 0.2) is 16.6 Å². The third kappa shape index (κ3) is 2.72. The van der Waals surface area contributed by atoms with Crippen LogP contribution in [0.25, 0.3) is 0 Å². The van der Waals surface area contributed by atoms with E-state index in [0.717, 1.165) is 5.57 Å². The van der Waals surface area contributed by atoms with Gasteiger partial charge in [-0.2, -0.15) is 0 Å². The number of nitrogens with zero attached hydrogens (tertiary/aromatic N) is 2. The van der Waals surface area contributed by atoms with Gasteiger partial charge in [0.05, 0.1) is 0 Å². The lowest BCUT2D eigenvalue weighted by atomic mass is 10.2. The summed E-state index contributed by atoms with van der Waals surface area (Å²) in [6.45, 7) is 12.3. The maximum Gasteiger partial charge on any atom is 0.276 e. The Morgan fingerprint density at radius 3 is 2.50 bits per heavy atom. The molecule has 0 aliphatic heterocycles. The number of oxazole rings is 1. The Hall–Kier alpha value is -1.58. The second-order valence-corrected chi connectivity index (χ2v) is 3.91. The summed E-state index contributed by atoms with van der Waals surface area (Å²) in [5.74, 6) is 0.995. The van der Waals surface area contributed by atoms with Crippen LogP contribution >= 0.6 is 0 Å². The van der Waals surface area contributed by atoms with Gasteiger partial charge >= 0.3 is 0 Å². The molecule has 1 rings (SSSR count). The Bertz CT molecular complexity index is 407. The number of aryl methyl sites for hydroxylation is 2. The summed E-state index contributed by atoms with van der Waals surface area (Å²) < 4.78 is 5.25. The molecule has 0 aromatic carbocycles. The Kier molecular flexibility index (Phi) is 3.88. The second kappa shape index (κ2) is 4.96. The van der Waals surface area contributed by atoms with E-state index in [4.69, 9.17) is 4.42 Å². The number of hydrogen-bond donors (Lipinski definition) is 0. The van der Waals surface area contributed by atoms with Gasteiger partial charge in [0, 0.05) is 20.0 Å². The Morgan fingerprint density at radius 2 is 2.12 bits per heavy atom. The van der Waals surface area contributed by atoms with Gasteiger partial charge < -0.3 is 9.32 Å². The predicted octanol–water partition coefficient (Wildman–Crippen LogP) is 2.33. The molecule has 1 heterocycles. The fourth-order valence-electron chi connectivity index (χ4n) is 1.53. The van der Waals surface area contributed by atoms with Crippen LogP contribution in [0.5, 0.6) is 0 Å². The average Bonchev–Trinajstić information content (AvgIpc) is 2.53. The van der Waals surface area contributed by atoms with E-state index in [9.17, 15) is 4.79 Å². The topological polar surface area (TPSA) is 46.3 Å². The molecule has 16 heavy (non-hydrogen) atoms. The Morgan fingerprint density at radius 1 is 1.50 bits per heavy atom. The molecular formula is C12H18N2O2. The number of amides is 1. The second-order valence-electron chi connectivity index (χ2n) is 3.91. The fourth-order valence-corrected chi connectivity index (χ4v) is 1.53. The highest BCUT2D eigenvalue weighted by atomic mass is 16.4. The standard InChI is InChI=1S/C12H18N2O2/c1-6-14(7-8(2)3)12(15)11-9(4)16-10(5)13-11/h2,6-7H2,1,3-5H3. The molecule has 1 aromatic heterocycles. The molecule has 0 radical (unpaired) electrons. The van der Waals surface area contributed by atoms with Gasteiger partial charge in [0.25, 0.3) is 5.91 Å². The van der Waals surface area contributed by atoms with Gasteiger partial charge in [-0.15, -0.1) is 0 Å². The van der Waals surface area contributed by atoms with Gasteiger partial charge in [-0.3, -0.25) is 4.79 Å². The molecule has 0 saturated carbocycles. The monoisotopic (exact) mass is 222 g/mol. The minimum atomic E-state index is -0.0974. The fraction of sp³-hybridized carbons (Fsp3) is 0.500. The van der Waals surface area contributed by atoms with Gasteiger partial charge in [-0.1, -0.05) is 12.2 Å². The van der Waals surface area contributed by atoms with Crippen molar-refractivity contribution in [3.63, 3.8) is 0 Å². The van der Waals surface area contributed by atoms with Crippen LogP contribution in [0.4, 0.5) is 0 Å². The highest BCUT2D eigenvalue weighted by Gasteiger charge is 2.20. The first kappa shape index (κ1) is 12.5. The van der Waals surface area contributed by atoms with Crippen molar-refractivity contribution in [3.05, 3.63) is 29.5 Å². The van der Waals surface area contributed by atoms with E-state index < -0.39 is 0 Å². The van der Waals surface area contributed by atoms with Gasteiger partial charge in [-0.25, -0.2) is 4.98 Å². The first-order chi connectivity index (χ1) is 7.45.